The molecule has 0 spiro atoms. The standard InChI is InChI=1S/C15H13F4NO/c1-10-8-12(6-7-13(10)16)20-9-11-4-2-3-5-14(11)21-15(17,18)19/h2-8,20H,9H2,1H3. The Kier molecular flexibility index (Phi) is 4.35. The third-order valence-electron chi connectivity index (χ3n) is 2.84. The summed E-state index contributed by atoms with van der Waals surface area (Å²) in [6, 6.07) is 10.3. The van der Waals surface area contributed by atoms with Crippen LogP contribution in [-0.4, -0.2) is 6.36 Å². The number of ether oxygens (including phenoxy) is 1. The molecular formula is C15H13F4NO. The van der Waals surface area contributed by atoms with Crippen molar-refractivity contribution in [3.63, 3.8) is 0 Å². The van der Waals surface area contributed by atoms with Gasteiger partial charge in [-0.1, -0.05) is 18.2 Å². The average molecular weight is 299 g/mol. The quantitative estimate of drug-likeness (QED) is 0.830. The highest BCUT2D eigenvalue weighted by molar-refractivity contribution is 5.47. The lowest BCUT2D eigenvalue weighted by Gasteiger charge is -2.14. The van der Waals surface area contributed by atoms with Gasteiger partial charge >= 0.3 is 6.36 Å². The molecule has 112 valence electrons. The predicted molar refractivity (Wildman–Crippen MR) is 71.6 cm³/mol. The fourth-order valence-electron chi connectivity index (χ4n) is 1.83. The smallest absolute Gasteiger partial charge is 0.405 e. The summed E-state index contributed by atoms with van der Waals surface area (Å²) in [5.74, 6) is -0.585. The van der Waals surface area contributed by atoms with Crippen molar-refractivity contribution in [3.8, 4) is 5.75 Å². The minimum absolute atomic E-state index is 0.136. The topological polar surface area (TPSA) is 21.3 Å². The van der Waals surface area contributed by atoms with Gasteiger partial charge in [-0.2, -0.15) is 0 Å². The van der Waals surface area contributed by atoms with Crippen LogP contribution in [0.3, 0.4) is 0 Å². The molecule has 2 rings (SSSR count). The molecule has 6 heteroatoms. The number of hydrogen-bond acceptors (Lipinski definition) is 2. The van der Waals surface area contributed by atoms with E-state index in [1.807, 2.05) is 0 Å². The van der Waals surface area contributed by atoms with Gasteiger partial charge in [0.25, 0.3) is 0 Å². The average Bonchev–Trinajstić information content (AvgIpc) is 2.40. The van der Waals surface area contributed by atoms with E-state index in [0.29, 0.717) is 16.8 Å². The van der Waals surface area contributed by atoms with Crippen LogP contribution in [0.2, 0.25) is 0 Å². The van der Waals surface area contributed by atoms with Crippen LogP contribution in [0.1, 0.15) is 11.1 Å². The van der Waals surface area contributed by atoms with Crippen LogP contribution in [-0.2, 0) is 6.54 Å². The highest BCUT2D eigenvalue weighted by atomic mass is 19.4. The fraction of sp³-hybridized carbons (Fsp3) is 0.200. The molecule has 21 heavy (non-hydrogen) atoms. The zero-order valence-corrected chi connectivity index (χ0v) is 11.2. The summed E-state index contributed by atoms with van der Waals surface area (Å²) in [6.07, 6.45) is -4.73. The lowest BCUT2D eigenvalue weighted by atomic mass is 10.1. The summed E-state index contributed by atoms with van der Waals surface area (Å²) in [6.45, 7) is 1.75. The predicted octanol–water partition coefficient (Wildman–Crippen LogP) is 4.64. The zero-order chi connectivity index (χ0) is 15.5. The van der Waals surface area contributed by atoms with Gasteiger partial charge in [-0.3, -0.25) is 0 Å². The number of aryl methyl sites for hydroxylation is 1. The van der Waals surface area contributed by atoms with E-state index in [1.54, 1.807) is 19.1 Å². The highest BCUT2D eigenvalue weighted by Crippen LogP contribution is 2.27. The van der Waals surface area contributed by atoms with E-state index in [0.717, 1.165) is 0 Å². The van der Waals surface area contributed by atoms with Crippen molar-refractivity contribution in [3.05, 3.63) is 59.4 Å². The molecule has 0 saturated carbocycles. The Morgan fingerprint density at radius 1 is 1.10 bits per heavy atom. The van der Waals surface area contributed by atoms with Gasteiger partial charge in [0.15, 0.2) is 0 Å². The van der Waals surface area contributed by atoms with Gasteiger partial charge in [-0.15, -0.1) is 13.2 Å². The first-order valence-corrected chi connectivity index (χ1v) is 6.19. The molecule has 0 atom stereocenters. The molecule has 0 fully saturated rings. The summed E-state index contributed by atoms with van der Waals surface area (Å²) in [5, 5.41) is 2.94. The molecule has 0 aliphatic heterocycles. The Hall–Kier alpha value is -2.24. The third kappa shape index (κ3) is 4.37. The molecule has 1 N–H and O–H groups in total. The number of nitrogens with one attached hydrogen (secondary N) is 1. The van der Waals surface area contributed by atoms with Crippen molar-refractivity contribution in [2.75, 3.05) is 5.32 Å². The number of hydrogen-bond donors (Lipinski definition) is 1. The second kappa shape index (κ2) is 6.03. The first-order chi connectivity index (χ1) is 9.85. The molecule has 2 aromatic carbocycles. The number of anilines is 1. The highest BCUT2D eigenvalue weighted by Gasteiger charge is 2.31. The molecule has 2 nitrogen and oxygen atoms in total. The van der Waals surface area contributed by atoms with Gasteiger partial charge in [0, 0.05) is 17.8 Å². The van der Waals surface area contributed by atoms with E-state index in [4.69, 9.17) is 0 Å². The van der Waals surface area contributed by atoms with E-state index in [9.17, 15) is 17.6 Å². The summed E-state index contributed by atoms with van der Waals surface area (Å²) in [4.78, 5) is 0. The Balaban J connectivity index is 2.11. The zero-order valence-electron chi connectivity index (χ0n) is 11.2. The van der Waals surface area contributed by atoms with Crippen molar-refractivity contribution in [1.29, 1.82) is 0 Å². The lowest BCUT2D eigenvalue weighted by Crippen LogP contribution is -2.18. The third-order valence-corrected chi connectivity index (χ3v) is 2.84. The summed E-state index contributed by atoms with van der Waals surface area (Å²) >= 11 is 0. The van der Waals surface area contributed by atoms with E-state index in [2.05, 4.69) is 10.1 Å². The lowest BCUT2D eigenvalue weighted by molar-refractivity contribution is -0.274. The number of rotatable bonds is 4. The molecule has 0 unspecified atom stereocenters. The van der Waals surface area contributed by atoms with Gasteiger partial charge in [-0.05, 0) is 36.8 Å². The first-order valence-electron chi connectivity index (χ1n) is 6.19. The minimum Gasteiger partial charge on any atom is -0.405 e. The molecular weight excluding hydrogens is 286 g/mol. The normalized spacial score (nSPS) is 11.3. The van der Waals surface area contributed by atoms with Crippen LogP contribution in [0.25, 0.3) is 0 Å². The Bertz CT molecular complexity index is 625. The molecule has 0 bridgehead atoms. The van der Waals surface area contributed by atoms with Gasteiger partial charge in [0.1, 0.15) is 11.6 Å². The first kappa shape index (κ1) is 15.2. The monoisotopic (exact) mass is 299 g/mol. The van der Waals surface area contributed by atoms with Crippen LogP contribution < -0.4 is 10.1 Å². The van der Waals surface area contributed by atoms with E-state index in [-0.39, 0.29) is 18.1 Å². The van der Waals surface area contributed by atoms with Crippen molar-refractivity contribution in [2.45, 2.75) is 19.8 Å². The molecule has 0 amide bonds. The minimum atomic E-state index is -4.73. The van der Waals surface area contributed by atoms with Crippen molar-refractivity contribution >= 4 is 5.69 Å². The van der Waals surface area contributed by atoms with Crippen LogP contribution in [0.15, 0.2) is 42.5 Å². The molecule has 0 radical (unpaired) electrons. The Morgan fingerprint density at radius 2 is 1.81 bits per heavy atom. The number of para-hydroxylation sites is 1. The van der Waals surface area contributed by atoms with Crippen LogP contribution in [0.4, 0.5) is 23.2 Å². The van der Waals surface area contributed by atoms with Gasteiger partial charge in [-0.25, -0.2) is 4.39 Å². The summed E-state index contributed by atoms with van der Waals surface area (Å²) in [5.41, 5.74) is 1.44. The maximum Gasteiger partial charge on any atom is 0.573 e. The van der Waals surface area contributed by atoms with Crippen LogP contribution >= 0.6 is 0 Å². The molecule has 2 aromatic rings. The van der Waals surface area contributed by atoms with E-state index < -0.39 is 6.36 Å². The molecule has 0 aliphatic carbocycles. The van der Waals surface area contributed by atoms with Crippen LogP contribution in [0, 0.1) is 12.7 Å². The Morgan fingerprint density at radius 3 is 2.48 bits per heavy atom. The summed E-state index contributed by atoms with van der Waals surface area (Å²) in [7, 11) is 0. The number of benzene rings is 2. The molecule has 0 heterocycles. The Labute approximate surface area is 119 Å². The van der Waals surface area contributed by atoms with E-state index >= 15 is 0 Å². The maximum atomic E-state index is 13.1. The maximum absolute atomic E-state index is 13.1. The molecule has 0 saturated heterocycles. The van der Waals surface area contributed by atoms with Gasteiger partial charge in [0.05, 0.1) is 0 Å². The summed E-state index contributed by atoms with van der Waals surface area (Å²) < 4.78 is 54.0. The SMILES string of the molecule is Cc1cc(NCc2ccccc2OC(F)(F)F)ccc1F. The second-order valence-corrected chi connectivity index (χ2v) is 4.47. The fourth-order valence-corrected chi connectivity index (χ4v) is 1.83. The van der Waals surface area contributed by atoms with Crippen molar-refractivity contribution in [2.24, 2.45) is 0 Å². The number of halogens is 4. The van der Waals surface area contributed by atoms with E-state index in [1.165, 1.54) is 30.3 Å². The van der Waals surface area contributed by atoms with Crippen molar-refractivity contribution in [1.82, 2.24) is 0 Å². The molecule has 0 aromatic heterocycles. The van der Waals surface area contributed by atoms with Gasteiger partial charge < -0.3 is 10.1 Å². The van der Waals surface area contributed by atoms with Crippen LogP contribution in [0.5, 0.6) is 5.75 Å². The number of alkyl halides is 3. The van der Waals surface area contributed by atoms with Gasteiger partial charge in [0.2, 0.25) is 0 Å². The second-order valence-electron chi connectivity index (χ2n) is 4.47. The van der Waals surface area contributed by atoms with Crippen molar-refractivity contribution < 1.29 is 22.3 Å². The molecule has 0 aliphatic rings. The largest absolute Gasteiger partial charge is 0.573 e.